The Morgan fingerprint density at radius 3 is 2.52 bits per heavy atom. The fourth-order valence-electron chi connectivity index (χ4n) is 4.88. The van der Waals surface area contributed by atoms with Gasteiger partial charge in [0.05, 0.1) is 19.6 Å². The van der Waals surface area contributed by atoms with Crippen LogP contribution in [0.1, 0.15) is 38.7 Å². The molecule has 5 heteroatoms. The summed E-state index contributed by atoms with van der Waals surface area (Å²) in [7, 11) is 1.69. The van der Waals surface area contributed by atoms with Crippen molar-refractivity contribution in [2.45, 2.75) is 45.7 Å². The Kier molecular flexibility index (Phi) is 7.13. The monoisotopic (exact) mass is 374 g/mol. The summed E-state index contributed by atoms with van der Waals surface area (Å²) in [6.45, 7) is 8.61. The number of hydrogen-bond acceptors (Lipinski definition) is 5. The zero-order valence-electron chi connectivity index (χ0n) is 16.9. The second kappa shape index (κ2) is 9.56. The highest BCUT2D eigenvalue weighted by Crippen LogP contribution is 2.39. The zero-order chi connectivity index (χ0) is 19.2. The third kappa shape index (κ3) is 4.82. The van der Waals surface area contributed by atoms with Crippen molar-refractivity contribution in [3.63, 3.8) is 0 Å². The molecule has 0 amide bonds. The first-order chi connectivity index (χ1) is 13.1. The molecule has 2 fully saturated rings. The molecule has 0 aliphatic carbocycles. The fraction of sp³-hybridized carbons (Fsp3) is 0.682. The van der Waals surface area contributed by atoms with E-state index in [1.165, 1.54) is 18.4 Å². The van der Waals surface area contributed by atoms with Crippen LogP contribution in [0, 0.1) is 17.8 Å². The summed E-state index contributed by atoms with van der Waals surface area (Å²) in [5, 5.41) is 3.45. The van der Waals surface area contributed by atoms with Gasteiger partial charge in [0, 0.05) is 12.6 Å². The van der Waals surface area contributed by atoms with Crippen LogP contribution >= 0.6 is 0 Å². The Bertz CT molecular complexity index is 598. The first-order valence-corrected chi connectivity index (χ1v) is 10.4. The molecule has 2 aliphatic heterocycles. The maximum absolute atomic E-state index is 12.9. The molecule has 2 aliphatic rings. The summed E-state index contributed by atoms with van der Waals surface area (Å²) < 4.78 is 10.8. The highest BCUT2D eigenvalue weighted by atomic mass is 16.5. The average Bonchev–Trinajstić information content (AvgIpc) is 2.70. The zero-order valence-corrected chi connectivity index (χ0v) is 16.9. The van der Waals surface area contributed by atoms with Gasteiger partial charge >= 0.3 is 5.97 Å². The molecule has 0 radical (unpaired) electrons. The van der Waals surface area contributed by atoms with Crippen molar-refractivity contribution in [3.05, 3.63) is 29.8 Å². The van der Waals surface area contributed by atoms with Gasteiger partial charge < -0.3 is 14.8 Å². The van der Waals surface area contributed by atoms with Crippen molar-refractivity contribution in [3.8, 4) is 5.75 Å². The molecule has 3 rings (SSSR count). The Labute approximate surface area is 163 Å². The molecule has 3 unspecified atom stereocenters. The SMILES string of the molecule is CCOC(=O)C1C(C2CCNCC2)CCN(Cc2ccc(OC)cc2)C1C. The van der Waals surface area contributed by atoms with E-state index in [0.29, 0.717) is 18.4 Å². The van der Waals surface area contributed by atoms with Crippen molar-refractivity contribution in [1.82, 2.24) is 10.2 Å². The predicted molar refractivity (Wildman–Crippen MR) is 107 cm³/mol. The van der Waals surface area contributed by atoms with Crippen LogP contribution in [0.15, 0.2) is 24.3 Å². The number of carbonyl (C=O) groups is 1. The van der Waals surface area contributed by atoms with Crippen molar-refractivity contribution in [2.75, 3.05) is 33.4 Å². The molecule has 0 saturated carbocycles. The number of methoxy groups -OCH3 is 1. The lowest BCUT2D eigenvalue weighted by Crippen LogP contribution is -2.53. The second-order valence-electron chi connectivity index (χ2n) is 7.88. The van der Waals surface area contributed by atoms with E-state index in [2.05, 4.69) is 29.3 Å². The number of hydrogen-bond donors (Lipinski definition) is 1. The molecule has 5 nitrogen and oxygen atoms in total. The minimum absolute atomic E-state index is 0.00652. The summed E-state index contributed by atoms with van der Waals surface area (Å²) in [5.41, 5.74) is 1.26. The van der Waals surface area contributed by atoms with Gasteiger partial charge in [0.15, 0.2) is 0 Å². The van der Waals surface area contributed by atoms with E-state index in [9.17, 15) is 4.79 Å². The number of piperidine rings is 2. The number of esters is 1. The van der Waals surface area contributed by atoms with Crippen molar-refractivity contribution < 1.29 is 14.3 Å². The van der Waals surface area contributed by atoms with Crippen LogP contribution in [-0.4, -0.2) is 50.3 Å². The first-order valence-electron chi connectivity index (χ1n) is 10.4. The quantitative estimate of drug-likeness (QED) is 0.776. The van der Waals surface area contributed by atoms with Crippen molar-refractivity contribution in [2.24, 2.45) is 17.8 Å². The number of ether oxygens (including phenoxy) is 2. The van der Waals surface area contributed by atoms with Gasteiger partial charge in [-0.25, -0.2) is 0 Å². The Morgan fingerprint density at radius 1 is 1.19 bits per heavy atom. The maximum atomic E-state index is 12.9. The van der Waals surface area contributed by atoms with E-state index in [-0.39, 0.29) is 17.9 Å². The predicted octanol–water partition coefficient (Wildman–Crippen LogP) is 3.08. The van der Waals surface area contributed by atoms with E-state index >= 15 is 0 Å². The van der Waals surface area contributed by atoms with Gasteiger partial charge in [-0.2, -0.15) is 0 Å². The third-order valence-corrected chi connectivity index (χ3v) is 6.40. The molecule has 0 spiro atoms. The first kappa shape index (κ1) is 20.2. The van der Waals surface area contributed by atoms with Gasteiger partial charge in [-0.3, -0.25) is 9.69 Å². The topological polar surface area (TPSA) is 50.8 Å². The lowest BCUT2D eigenvalue weighted by atomic mass is 9.70. The van der Waals surface area contributed by atoms with Gasteiger partial charge in [0.1, 0.15) is 5.75 Å². The van der Waals surface area contributed by atoms with E-state index in [4.69, 9.17) is 9.47 Å². The summed E-state index contributed by atoms with van der Waals surface area (Å²) in [5.74, 6) is 1.91. The number of benzene rings is 1. The Hall–Kier alpha value is -1.59. The van der Waals surface area contributed by atoms with Crippen molar-refractivity contribution >= 4 is 5.97 Å². The normalized spacial score (nSPS) is 27.3. The number of nitrogens with zero attached hydrogens (tertiary/aromatic N) is 1. The molecule has 2 saturated heterocycles. The van der Waals surface area contributed by atoms with Crippen LogP contribution < -0.4 is 10.1 Å². The minimum atomic E-state index is -0.0277. The molecule has 0 aromatic heterocycles. The fourth-order valence-corrected chi connectivity index (χ4v) is 4.88. The summed E-state index contributed by atoms with van der Waals surface area (Å²) in [4.78, 5) is 15.3. The number of carbonyl (C=O) groups excluding carboxylic acids is 1. The highest BCUT2D eigenvalue weighted by molar-refractivity contribution is 5.74. The van der Waals surface area contributed by atoms with Gasteiger partial charge in [0.2, 0.25) is 0 Å². The smallest absolute Gasteiger partial charge is 0.310 e. The number of nitrogens with one attached hydrogen (secondary N) is 1. The summed E-state index contributed by atoms with van der Waals surface area (Å²) in [6, 6.07) is 8.43. The second-order valence-corrected chi connectivity index (χ2v) is 7.88. The van der Waals surface area contributed by atoms with Crippen LogP contribution in [0.5, 0.6) is 5.75 Å². The van der Waals surface area contributed by atoms with E-state index in [1.54, 1.807) is 7.11 Å². The van der Waals surface area contributed by atoms with Gasteiger partial charge in [-0.1, -0.05) is 12.1 Å². The number of likely N-dealkylation sites (tertiary alicyclic amines) is 1. The molecule has 1 aromatic carbocycles. The molecule has 0 bridgehead atoms. The van der Waals surface area contributed by atoms with E-state index in [0.717, 1.165) is 38.3 Å². The minimum Gasteiger partial charge on any atom is -0.497 e. The lowest BCUT2D eigenvalue weighted by molar-refractivity contribution is -0.157. The van der Waals surface area contributed by atoms with E-state index < -0.39 is 0 Å². The molecule has 2 heterocycles. The highest BCUT2D eigenvalue weighted by Gasteiger charge is 2.44. The molecule has 3 atom stereocenters. The van der Waals surface area contributed by atoms with Crippen LogP contribution in [0.3, 0.4) is 0 Å². The molecule has 150 valence electrons. The summed E-state index contributed by atoms with van der Waals surface area (Å²) in [6.07, 6.45) is 3.42. The Morgan fingerprint density at radius 2 is 1.89 bits per heavy atom. The lowest BCUT2D eigenvalue weighted by Gasteiger charge is -2.46. The Balaban J connectivity index is 1.73. The maximum Gasteiger partial charge on any atom is 0.310 e. The molecule has 1 aromatic rings. The van der Waals surface area contributed by atoms with Gasteiger partial charge in [-0.05, 0) is 82.3 Å². The molecule has 1 N–H and O–H groups in total. The van der Waals surface area contributed by atoms with E-state index in [1.807, 2.05) is 19.1 Å². The third-order valence-electron chi connectivity index (χ3n) is 6.40. The van der Waals surface area contributed by atoms with Gasteiger partial charge in [0.25, 0.3) is 0 Å². The van der Waals surface area contributed by atoms with Crippen LogP contribution in [0.4, 0.5) is 0 Å². The summed E-state index contributed by atoms with van der Waals surface area (Å²) >= 11 is 0. The van der Waals surface area contributed by atoms with Crippen LogP contribution in [0.25, 0.3) is 0 Å². The standard InChI is InChI=1S/C22H34N2O3/c1-4-27-22(25)21-16(2)24(15-17-5-7-19(26-3)8-6-17)14-11-20(21)18-9-12-23-13-10-18/h5-8,16,18,20-21,23H,4,9-15H2,1-3H3. The molecule has 27 heavy (non-hydrogen) atoms. The molecular formula is C22H34N2O3. The largest absolute Gasteiger partial charge is 0.497 e. The van der Waals surface area contributed by atoms with Crippen LogP contribution in [-0.2, 0) is 16.1 Å². The van der Waals surface area contributed by atoms with Crippen LogP contribution in [0.2, 0.25) is 0 Å². The number of rotatable bonds is 6. The van der Waals surface area contributed by atoms with Gasteiger partial charge in [-0.15, -0.1) is 0 Å². The van der Waals surface area contributed by atoms with Crippen molar-refractivity contribution in [1.29, 1.82) is 0 Å². The molecular weight excluding hydrogens is 340 g/mol. The average molecular weight is 375 g/mol.